The van der Waals surface area contributed by atoms with Crippen LogP contribution in [0.5, 0.6) is 5.75 Å². The lowest BCUT2D eigenvalue weighted by atomic mass is 10.2. The second kappa shape index (κ2) is 6.94. The Labute approximate surface area is 129 Å². The molecule has 0 N–H and O–H groups in total. The van der Waals surface area contributed by atoms with Crippen molar-refractivity contribution < 1.29 is 14.0 Å². The zero-order valence-corrected chi connectivity index (χ0v) is 14.9. The lowest BCUT2D eigenvalue weighted by Gasteiger charge is -2.36. The lowest BCUT2D eigenvalue weighted by Crippen LogP contribution is -2.43. The fourth-order valence-corrected chi connectivity index (χ4v) is 2.48. The Kier molecular flexibility index (Phi) is 5.78. The summed E-state index contributed by atoms with van der Waals surface area (Å²) >= 11 is 0. The highest BCUT2D eigenvalue weighted by Crippen LogP contribution is 2.37. The maximum atomic E-state index is 11.3. The zero-order chi connectivity index (χ0) is 16.1. The molecule has 0 saturated carbocycles. The van der Waals surface area contributed by atoms with Crippen LogP contribution < -0.4 is 4.43 Å². The van der Waals surface area contributed by atoms with Crippen molar-refractivity contribution in [3.63, 3.8) is 0 Å². The molecule has 0 aliphatic rings. The van der Waals surface area contributed by atoms with Crippen molar-refractivity contribution in [1.82, 2.24) is 0 Å². The Hall–Kier alpha value is -1.55. The molecule has 0 radical (unpaired) electrons. The average Bonchev–Trinajstić information content (AvgIpc) is 2.36. The number of esters is 1. The fourth-order valence-electron chi connectivity index (χ4n) is 1.45. The minimum absolute atomic E-state index is 0.176. The molecule has 0 aliphatic carbocycles. The predicted octanol–water partition coefficient (Wildman–Crippen LogP) is 4.65. The number of ether oxygens (including phenoxy) is 1. The molecule has 0 saturated heterocycles. The summed E-state index contributed by atoms with van der Waals surface area (Å²) in [4.78, 5) is 11.3. The maximum Gasteiger partial charge on any atom is 0.330 e. The van der Waals surface area contributed by atoms with Crippen LogP contribution in [0.15, 0.2) is 30.3 Å². The summed E-state index contributed by atoms with van der Waals surface area (Å²) < 4.78 is 11.1. The van der Waals surface area contributed by atoms with Crippen molar-refractivity contribution >= 4 is 20.4 Å². The van der Waals surface area contributed by atoms with Gasteiger partial charge < -0.3 is 9.16 Å². The largest absolute Gasteiger partial charge is 0.544 e. The van der Waals surface area contributed by atoms with E-state index in [0.29, 0.717) is 6.61 Å². The summed E-state index contributed by atoms with van der Waals surface area (Å²) in [6, 6.07) is 7.78. The van der Waals surface area contributed by atoms with E-state index in [1.807, 2.05) is 24.3 Å². The van der Waals surface area contributed by atoms with Crippen molar-refractivity contribution in [2.24, 2.45) is 0 Å². The van der Waals surface area contributed by atoms with E-state index >= 15 is 0 Å². The van der Waals surface area contributed by atoms with Gasteiger partial charge in [-0.2, -0.15) is 0 Å². The maximum absolute atomic E-state index is 11.3. The first-order valence-corrected chi connectivity index (χ1v) is 10.2. The van der Waals surface area contributed by atoms with E-state index in [1.54, 1.807) is 13.0 Å². The van der Waals surface area contributed by atoms with Crippen molar-refractivity contribution in [2.45, 2.75) is 45.8 Å². The molecule has 0 aromatic heterocycles. The molecule has 3 nitrogen and oxygen atoms in total. The second-order valence-corrected chi connectivity index (χ2v) is 11.2. The molecule has 0 amide bonds. The first-order chi connectivity index (χ1) is 9.65. The molecular weight excluding hydrogens is 280 g/mol. The normalized spacial score (nSPS) is 12.5. The van der Waals surface area contributed by atoms with Crippen LogP contribution in [0.2, 0.25) is 18.1 Å². The highest BCUT2D eigenvalue weighted by molar-refractivity contribution is 6.74. The molecule has 4 heteroatoms. The van der Waals surface area contributed by atoms with Gasteiger partial charge in [0.2, 0.25) is 8.32 Å². The molecule has 0 aliphatic heterocycles. The summed E-state index contributed by atoms with van der Waals surface area (Å²) in [7, 11) is -1.80. The Morgan fingerprint density at radius 2 is 1.76 bits per heavy atom. The summed E-state index contributed by atoms with van der Waals surface area (Å²) in [5.41, 5.74) is 0.950. The molecule has 116 valence electrons. The van der Waals surface area contributed by atoms with Crippen LogP contribution in [-0.4, -0.2) is 20.9 Å². The third-order valence-corrected chi connectivity index (χ3v) is 8.12. The molecule has 0 bridgehead atoms. The molecule has 1 aromatic carbocycles. The number of benzene rings is 1. The van der Waals surface area contributed by atoms with Crippen LogP contribution in [-0.2, 0) is 9.53 Å². The van der Waals surface area contributed by atoms with Gasteiger partial charge in [0.1, 0.15) is 5.75 Å². The molecule has 0 fully saturated rings. The molecule has 0 atom stereocenters. The smallest absolute Gasteiger partial charge is 0.330 e. The van der Waals surface area contributed by atoms with E-state index in [1.165, 1.54) is 6.08 Å². The molecule has 0 spiro atoms. The second-order valence-electron chi connectivity index (χ2n) is 6.52. The van der Waals surface area contributed by atoms with Gasteiger partial charge in [-0.3, -0.25) is 0 Å². The van der Waals surface area contributed by atoms with Gasteiger partial charge in [-0.1, -0.05) is 32.9 Å². The standard InChI is InChI=1S/C17H26O3Si/c1-7-19-16(18)13-10-14-8-11-15(12-9-14)20-21(5,6)17(2,3)4/h8-13H,7H2,1-6H3/b13-10+. The van der Waals surface area contributed by atoms with E-state index in [0.717, 1.165) is 11.3 Å². The van der Waals surface area contributed by atoms with E-state index < -0.39 is 8.32 Å². The van der Waals surface area contributed by atoms with E-state index in [9.17, 15) is 4.79 Å². The van der Waals surface area contributed by atoms with E-state index in [-0.39, 0.29) is 11.0 Å². The fraction of sp³-hybridized carbons (Fsp3) is 0.471. The summed E-state index contributed by atoms with van der Waals surface area (Å²) in [5, 5.41) is 0.176. The molecule has 21 heavy (non-hydrogen) atoms. The number of carbonyl (C=O) groups is 1. The highest BCUT2D eigenvalue weighted by Gasteiger charge is 2.38. The van der Waals surface area contributed by atoms with Crippen molar-refractivity contribution in [3.05, 3.63) is 35.9 Å². The Morgan fingerprint density at radius 1 is 1.19 bits per heavy atom. The van der Waals surface area contributed by atoms with Crippen LogP contribution in [0.3, 0.4) is 0 Å². The number of carbonyl (C=O) groups excluding carboxylic acids is 1. The van der Waals surface area contributed by atoms with Crippen LogP contribution >= 0.6 is 0 Å². The molecule has 1 aromatic rings. The third kappa shape index (κ3) is 5.38. The summed E-state index contributed by atoms with van der Waals surface area (Å²) in [6.45, 7) is 13.3. The summed E-state index contributed by atoms with van der Waals surface area (Å²) in [5.74, 6) is 0.564. The number of rotatable bonds is 5. The van der Waals surface area contributed by atoms with Gasteiger partial charge in [0.05, 0.1) is 6.61 Å². The predicted molar refractivity (Wildman–Crippen MR) is 89.9 cm³/mol. The van der Waals surface area contributed by atoms with Gasteiger partial charge >= 0.3 is 5.97 Å². The first-order valence-electron chi connectivity index (χ1n) is 7.29. The Bertz CT molecular complexity index is 496. The SMILES string of the molecule is CCOC(=O)/C=C/c1ccc(O[Si](C)(C)C(C)(C)C)cc1. The van der Waals surface area contributed by atoms with Crippen molar-refractivity contribution in [1.29, 1.82) is 0 Å². The number of hydrogen-bond donors (Lipinski definition) is 0. The van der Waals surface area contributed by atoms with Crippen molar-refractivity contribution in [2.75, 3.05) is 6.61 Å². The topological polar surface area (TPSA) is 35.5 Å². The Balaban J connectivity index is 2.73. The van der Waals surface area contributed by atoms with E-state index in [4.69, 9.17) is 9.16 Å². The molecule has 0 unspecified atom stereocenters. The lowest BCUT2D eigenvalue weighted by molar-refractivity contribution is -0.137. The number of hydrogen-bond acceptors (Lipinski definition) is 3. The molecule has 0 heterocycles. The van der Waals surface area contributed by atoms with Gasteiger partial charge in [0.25, 0.3) is 0 Å². The Morgan fingerprint density at radius 3 is 2.24 bits per heavy atom. The quantitative estimate of drug-likeness (QED) is 0.451. The minimum atomic E-state index is -1.80. The van der Waals surface area contributed by atoms with Crippen molar-refractivity contribution in [3.8, 4) is 5.75 Å². The van der Waals surface area contributed by atoms with Gasteiger partial charge in [0.15, 0.2) is 0 Å². The first kappa shape index (κ1) is 17.5. The molecular formula is C17H26O3Si. The zero-order valence-electron chi connectivity index (χ0n) is 13.9. The minimum Gasteiger partial charge on any atom is -0.544 e. The van der Waals surface area contributed by atoms with Crippen LogP contribution in [0, 0.1) is 0 Å². The van der Waals surface area contributed by atoms with Gasteiger partial charge in [-0.25, -0.2) is 4.79 Å². The monoisotopic (exact) mass is 306 g/mol. The molecule has 1 rings (SSSR count). The third-order valence-electron chi connectivity index (χ3n) is 3.76. The van der Waals surface area contributed by atoms with Crippen LogP contribution in [0.4, 0.5) is 0 Å². The van der Waals surface area contributed by atoms with Crippen LogP contribution in [0.1, 0.15) is 33.3 Å². The average molecular weight is 306 g/mol. The van der Waals surface area contributed by atoms with Crippen LogP contribution in [0.25, 0.3) is 6.08 Å². The van der Waals surface area contributed by atoms with Gasteiger partial charge in [0, 0.05) is 6.08 Å². The van der Waals surface area contributed by atoms with Gasteiger partial charge in [-0.05, 0) is 48.8 Å². The van der Waals surface area contributed by atoms with E-state index in [2.05, 4.69) is 33.9 Å². The van der Waals surface area contributed by atoms with Gasteiger partial charge in [-0.15, -0.1) is 0 Å². The summed E-state index contributed by atoms with van der Waals surface area (Å²) in [6.07, 6.45) is 3.18. The highest BCUT2D eigenvalue weighted by atomic mass is 28.4.